The van der Waals surface area contributed by atoms with Crippen molar-refractivity contribution in [3.63, 3.8) is 0 Å². The molecule has 1 aliphatic rings. The van der Waals surface area contributed by atoms with Crippen LogP contribution < -0.4 is 5.32 Å². The summed E-state index contributed by atoms with van der Waals surface area (Å²) in [5.74, 6) is 0.907. The first-order chi connectivity index (χ1) is 7.79. The van der Waals surface area contributed by atoms with Crippen LogP contribution in [0.2, 0.25) is 0 Å². The fourth-order valence-electron chi connectivity index (χ4n) is 2.79. The van der Waals surface area contributed by atoms with Crippen molar-refractivity contribution >= 4 is 0 Å². The molecule has 1 aromatic heterocycles. The topological polar surface area (TPSA) is 17.0 Å². The molecule has 1 N–H and O–H groups in total. The molecule has 16 heavy (non-hydrogen) atoms. The van der Waals surface area contributed by atoms with Gasteiger partial charge in [0.1, 0.15) is 0 Å². The summed E-state index contributed by atoms with van der Waals surface area (Å²) in [7, 11) is 0. The first kappa shape index (κ1) is 11.7. The maximum Gasteiger partial charge on any atom is 0.0361 e. The van der Waals surface area contributed by atoms with E-state index in [0.29, 0.717) is 0 Å². The lowest BCUT2D eigenvalue weighted by Crippen LogP contribution is -2.33. The average Bonchev–Trinajstić information content (AvgIpc) is 2.74. The third kappa shape index (κ3) is 2.88. The normalized spacial score (nSPS) is 25.9. The van der Waals surface area contributed by atoms with Crippen molar-refractivity contribution in [2.75, 3.05) is 0 Å². The SMILES string of the molecule is CCn1cccc1CNC1CCCC(C)C1. The number of hydrogen-bond acceptors (Lipinski definition) is 1. The molecular formula is C14H24N2. The molecule has 2 unspecified atom stereocenters. The summed E-state index contributed by atoms with van der Waals surface area (Å²) >= 11 is 0. The third-order valence-corrected chi connectivity index (χ3v) is 3.77. The van der Waals surface area contributed by atoms with Crippen LogP contribution in [0.25, 0.3) is 0 Å². The smallest absolute Gasteiger partial charge is 0.0361 e. The Morgan fingerprint density at radius 2 is 2.31 bits per heavy atom. The minimum atomic E-state index is 0.740. The summed E-state index contributed by atoms with van der Waals surface area (Å²) in [5, 5.41) is 3.71. The lowest BCUT2D eigenvalue weighted by molar-refractivity contribution is 0.299. The van der Waals surface area contributed by atoms with Crippen molar-refractivity contribution in [2.45, 2.75) is 58.7 Å². The molecule has 0 amide bonds. The molecule has 1 aliphatic carbocycles. The summed E-state index contributed by atoms with van der Waals surface area (Å²) in [6, 6.07) is 5.11. The van der Waals surface area contributed by atoms with E-state index in [1.54, 1.807) is 0 Å². The molecule has 0 bridgehead atoms. The van der Waals surface area contributed by atoms with Gasteiger partial charge >= 0.3 is 0 Å². The molecule has 0 spiro atoms. The second-order valence-corrected chi connectivity index (χ2v) is 5.14. The largest absolute Gasteiger partial charge is 0.351 e. The molecule has 0 radical (unpaired) electrons. The zero-order valence-electron chi connectivity index (χ0n) is 10.6. The highest BCUT2D eigenvalue weighted by molar-refractivity contribution is 5.07. The Hall–Kier alpha value is -0.760. The fourth-order valence-corrected chi connectivity index (χ4v) is 2.79. The van der Waals surface area contributed by atoms with E-state index in [4.69, 9.17) is 0 Å². The van der Waals surface area contributed by atoms with E-state index < -0.39 is 0 Å². The van der Waals surface area contributed by atoms with E-state index in [1.807, 2.05) is 0 Å². The summed E-state index contributed by atoms with van der Waals surface area (Å²) < 4.78 is 2.32. The van der Waals surface area contributed by atoms with Gasteiger partial charge in [-0.1, -0.05) is 19.8 Å². The van der Waals surface area contributed by atoms with Crippen LogP contribution in [0.1, 0.15) is 45.2 Å². The quantitative estimate of drug-likeness (QED) is 0.824. The number of aromatic nitrogens is 1. The second-order valence-electron chi connectivity index (χ2n) is 5.14. The predicted molar refractivity (Wildman–Crippen MR) is 68.4 cm³/mol. The Labute approximate surface area is 99.0 Å². The molecule has 1 fully saturated rings. The summed E-state index contributed by atoms with van der Waals surface area (Å²) in [5.41, 5.74) is 1.42. The van der Waals surface area contributed by atoms with Gasteiger partial charge in [-0.3, -0.25) is 0 Å². The van der Waals surface area contributed by atoms with Crippen molar-refractivity contribution in [3.8, 4) is 0 Å². The number of nitrogens with zero attached hydrogens (tertiary/aromatic N) is 1. The monoisotopic (exact) mass is 220 g/mol. The highest BCUT2D eigenvalue weighted by atomic mass is 15.0. The van der Waals surface area contributed by atoms with E-state index in [9.17, 15) is 0 Å². The second kappa shape index (κ2) is 5.53. The van der Waals surface area contributed by atoms with Gasteiger partial charge in [0.05, 0.1) is 0 Å². The van der Waals surface area contributed by atoms with Gasteiger partial charge in [-0.2, -0.15) is 0 Å². The first-order valence-electron chi connectivity index (χ1n) is 6.67. The molecule has 1 saturated carbocycles. The minimum Gasteiger partial charge on any atom is -0.351 e. The van der Waals surface area contributed by atoms with E-state index >= 15 is 0 Å². The van der Waals surface area contributed by atoms with Crippen LogP contribution in [0.3, 0.4) is 0 Å². The highest BCUT2D eigenvalue weighted by Crippen LogP contribution is 2.23. The molecular weight excluding hydrogens is 196 g/mol. The number of aryl methyl sites for hydroxylation is 1. The molecule has 1 aromatic rings. The number of nitrogens with one attached hydrogen (secondary N) is 1. The molecule has 1 heterocycles. The van der Waals surface area contributed by atoms with Crippen molar-refractivity contribution < 1.29 is 0 Å². The molecule has 2 nitrogen and oxygen atoms in total. The van der Waals surface area contributed by atoms with Crippen molar-refractivity contribution in [1.82, 2.24) is 9.88 Å². The van der Waals surface area contributed by atoms with Crippen molar-refractivity contribution in [3.05, 3.63) is 24.0 Å². The molecule has 0 saturated heterocycles. The number of rotatable bonds is 4. The van der Waals surface area contributed by atoms with Crippen LogP contribution in [0, 0.1) is 5.92 Å². The zero-order chi connectivity index (χ0) is 11.4. The molecule has 2 heteroatoms. The predicted octanol–water partition coefficient (Wildman–Crippen LogP) is 3.18. The maximum atomic E-state index is 3.71. The van der Waals surface area contributed by atoms with Gasteiger partial charge in [-0.15, -0.1) is 0 Å². The van der Waals surface area contributed by atoms with Gasteiger partial charge in [-0.05, 0) is 37.8 Å². The Kier molecular flexibility index (Phi) is 4.05. The summed E-state index contributed by atoms with van der Waals surface area (Å²) in [6.45, 7) is 6.68. The lowest BCUT2D eigenvalue weighted by atomic mass is 9.87. The standard InChI is InChI=1S/C14H24N2/c1-3-16-9-5-8-14(16)11-15-13-7-4-6-12(2)10-13/h5,8-9,12-13,15H,3-4,6-7,10-11H2,1-2H3. The Bertz CT molecular complexity index is 316. The Balaban J connectivity index is 1.82. The van der Waals surface area contributed by atoms with Crippen LogP contribution in [0.5, 0.6) is 0 Å². The van der Waals surface area contributed by atoms with Crippen LogP contribution >= 0.6 is 0 Å². The Morgan fingerprint density at radius 3 is 3.06 bits per heavy atom. The van der Waals surface area contributed by atoms with Gasteiger partial charge in [-0.25, -0.2) is 0 Å². The van der Waals surface area contributed by atoms with Gasteiger partial charge in [0.15, 0.2) is 0 Å². The number of hydrogen-bond donors (Lipinski definition) is 1. The van der Waals surface area contributed by atoms with Crippen LogP contribution in [-0.2, 0) is 13.1 Å². The highest BCUT2D eigenvalue weighted by Gasteiger charge is 2.18. The Morgan fingerprint density at radius 1 is 1.44 bits per heavy atom. The van der Waals surface area contributed by atoms with Crippen LogP contribution in [0.15, 0.2) is 18.3 Å². The van der Waals surface area contributed by atoms with E-state index in [-0.39, 0.29) is 0 Å². The zero-order valence-corrected chi connectivity index (χ0v) is 10.6. The lowest BCUT2D eigenvalue weighted by Gasteiger charge is -2.27. The fraction of sp³-hybridized carbons (Fsp3) is 0.714. The summed E-state index contributed by atoms with van der Waals surface area (Å²) in [6.07, 6.45) is 7.70. The van der Waals surface area contributed by atoms with E-state index in [2.05, 4.69) is 42.1 Å². The van der Waals surface area contributed by atoms with Gasteiger partial charge in [0, 0.05) is 31.0 Å². The van der Waals surface area contributed by atoms with Gasteiger partial charge < -0.3 is 9.88 Å². The summed E-state index contributed by atoms with van der Waals surface area (Å²) in [4.78, 5) is 0. The molecule has 0 aliphatic heterocycles. The van der Waals surface area contributed by atoms with Crippen molar-refractivity contribution in [2.24, 2.45) is 5.92 Å². The van der Waals surface area contributed by atoms with Gasteiger partial charge in [0.2, 0.25) is 0 Å². The molecule has 90 valence electrons. The molecule has 2 atom stereocenters. The van der Waals surface area contributed by atoms with Crippen LogP contribution in [-0.4, -0.2) is 10.6 Å². The van der Waals surface area contributed by atoms with E-state index in [1.165, 1.54) is 31.4 Å². The third-order valence-electron chi connectivity index (χ3n) is 3.77. The molecule has 2 rings (SSSR count). The maximum absolute atomic E-state index is 3.71. The van der Waals surface area contributed by atoms with E-state index in [0.717, 1.165) is 25.0 Å². The minimum absolute atomic E-state index is 0.740. The first-order valence-corrected chi connectivity index (χ1v) is 6.67. The molecule has 0 aromatic carbocycles. The van der Waals surface area contributed by atoms with Crippen LogP contribution in [0.4, 0.5) is 0 Å². The van der Waals surface area contributed by atoms with Gasteiger partial charge in [0.25, 0.3) is 0 Å². The average molecular weight is 220 g/mol. The van der Waals surface area contributed by atoms with Crippen molar-refractivity contribution in [1.29, 1.82) is 0 Å².